The van der Waals surface area contributed by atoms with Crippen LogP contribution < -0.4 is 0 Å². The second kappa shape index (κ2) is 18.0. The van der Waals surface area contributed by atoms with Gasteiger partial charge in [0, 0.05) is 45.8 Å². The average Bonchev–Trinajstić information content (AvgIpc) is 2.61. The molecule has 0 heterocycles. The second-order valence-electron chi connectivity index (χ2n) is 7.08. The highest BCUT2D eigenvalue weighted by molar-refractivity contribution is 5.69. The van der Waals surface area contributed by atoms with Crippen LogP contribution in [0.25, 0.3) is 0 Å². The first-order valence-electron chi connectivity index (χ1n) is 10.1. The molecule has 0 aromatic carbocycles. The van der Waals surface area contributed by atoms with E-state index in [1.165, 1.54) is 0 Å². The van der Waals surface area contributed by atoms with E-state index in [9.17, 15) is 19.5 Å². The highest BCUT2D eigenvalue weighted by atomic mass is 16.4. The van der Waals surface area contributed by atoms with E-state index in [4.69, 9.17) is 15.3 Å². The highest BCUT2D eigenvalue weighted by Gasteiger charge is 2.16. The zero-order valence-corrected chi connectivity index (χ0v) is 19.0. The maximum atomic E-state index is 11.1. The number of hydrogen-bond donors (Lipinski definition) is 4. The number of carboxylic acid groups (broad SMARTS) is 3. The largest absolute Gasteiger partial charge is 0.480 e. The van der Waals surface area contributed by atoms with Crippen LogP contribution in [0.15, 0.2) is 0 Å². The summed E-state index contributed by atoms with van der Waals surface area (Å²) in [4.78, 5) is 39.8. The summed E-state index contributed by atoms with van der Waals surface area (Å²) in [6.45, 7) is 8.14. The Morgan fingerprint density at radius 3 is 1.33 bits per heavy atom. The van der Waals surface area contributed by atoms with Crippen molar-refractivity contribution in [1.29, 1.82) is 0 Å². The molecule has 0 saturated heterocycles. The van der Waals surface area contributed by atoms with Crippen molar-refractivity contribution in [2.75, 3.05) is 79.5 Å². The van der Waals surface area contributed by atoms with Crippen molar-refractivity contribution in [3.05, 3.63) is 0 Å². The molecule has 4 N–H and O–H groups in total. The van der Waals surface area contributed by atoms with Gasteiger partial charge in [-0.05, 0) is 21.0 Å². The molecule has 30 heavy (non-hydrogen) atoms. The Bertz CT molecular complexity index is 492. The van der Waals surface area contributed by atoms with Gasteiger partial charge in [-0.3, -0.25) is 29.1 Å². The van der Waals surface area contributed by atoms with Gasteiger partial charge in [-0.2, -0.15) is 0 Å². The number of rotatable bonds is 17. The molecule has 11 heteroatoms. The minimum absolute atomic E-state index is 0.137. The number of aliphatic hydroxyl groups excluding tert-OH is 1. The van der Waals surface area contributed by atoms with Crippen molar-refractivity contribution < 1.29 is 34.8 Å². The third-order valence-electron chi connectivity index (χ3n) is 4.03. The Morgan fingerprint density at radius 2 is 1.00 bits per heavy atom. The average molecular weight is 437 g/mol. The lowest BCUT2D eigenvalue weighted by Gasteiger charge is -2.28. The summed E-state index contributed by atoms with van der Waals surface area (Å²) < 4.78 is 0. The minimum atomic E-state index is -0.998. The first-order valence-corrected chi connectivity index (χ1v) is 10.1. The number of hydrogen-bond acceptors (Lipinski definition) is 8. The van der Waals surface area contributed by atoms with E-state index in [1.54, 1.807) is 28.7 Å². The predicted molar refractivity (Wildman–Crippen MR) is 114 cm³/mol. The van der Waals surface area contributed by atoms with Gasteiger partial charge in [0.25, 0.3) is 0 Å². The molecule has 0 radical (unpaired) electrons. The Hall–Kier alpha value is -1.79. The molecular weight excluding hydrogens is 396 g/mol. The van der Waals surface area contributed by atoms with Crippen LogP contribution in [0.5, 0.6) is 0 Å². The molecule has 1 atom stereocenters. The van der Waals surface area contributed by atoms with Gasteiger partial charge in [-0.15, -0.1) is 0 Å². The predicted octanol–water partition coefficient (Wildman–Crippen LogP) is -0.885. The van der Waals surface area contributed by atoms with Crippen LogP contribution in [0.3, 0.4) is 0 Å². The molecule has 0 bridgehead atoms. The standard InChI is InChI=1S/C17H34N4O7.C2H6/c1-14(22)10-18(2)4-6-20(12-16(25)26)8-9-21(13-17(27)28)7-5-19(3)11-15(23)24;1-2/h14,22H,4-13H2,1-3H3,(H,23,24)(H,25,26)(H,27,28);1-2H3. The smallest absolute Gasteiger partial charge is 0.317 e. The number of carbonyl (C=O) groups is 3. The van der Waals surface area contributed by atoms with E-state index >= 15 is 0 Å². The Balaban J connectivity index is 0. The molecular formula is C19H40N4O7. The summed E-state index contributed by atoms with van der Waals surface area (Å²) >= 11 is 0. The number of nitrogens with zero attached hydrogens (tertiary/aromatic N) is 4. The van der Waals surface area contributed by atoms with Crippen LogP contribution in [-0.4, -0.2) is 144 Å². The number of aliphatic carboxylic acids is 3. The lowest BCUT2D eigenvalue weighted by Crippen LogP contribution is -2.44. The van der Waals surface area contributed by atoms with E-state index in [0.717, 1.165) is 0 Å². The molecule has 0 aliphatic carbocycles. The van der Waals surface area contributed by atoms with Gasteiger partial charge < -0.3 is 25.3 Å². The fourth-order valence-corrected chi connectivity index (χ4v) is 2.68. The van der Waals surface area contributed by atoms with Crippen LogP contribution in [0.4, 0.5) is 0 Å². The summed E-state index contributed by atoms with van der Waals surface area (Å²) in [6.07, 6.45) is -0.480. The monoisotopic (exact) mass is 436 g/mol. The quantitative estimate of drug-likeness (QED) is 0.225. The molecule has 1 unspecified atom stereocenters. The second-order valence-corrected chi connectivity index (χ2v) is 7.08. The van der Waals surface area contributed by atoms with Crippen molar-refractivity contribution in [3.63, 3.8) is 0 Å². The maximum absolute atomic E-state index is 11.1. The third kappa shape index (κ3) is 19.5. The molecule has 11 nitrogen and oxygen atoms in total. The Labute approximate surface area is 179 Å². The first kappa shape index (κ1) is 30.4. The lowest BCUT2D eigenvalue weighted by molar-refractivity contribution is -0.140. The molecule has 0 aliphatic heterocycles. The van der Waals surface area contributed by atoms with E-state index < -0.39 is 24.0 Å². The normalized spacial score (nSPS) is 12.2. The summed E-state index contributed by atoms with van der Waals surface area (Å²) in [6, 6.07) is 0. The van der Waals surface area contributed by atoms with Crippen molar-refractivity contribution in [1.82, 2.24) is 19.6 Å². The van der Waals surface area contributed by atoms with Crippen molar-refractivity contribution in [2.24, 2.45) is 0 Å². The van der Waals surface area contributed by atoms with Crippen molar-refractivity contribution >= 4 is 17.9 Å². The molecule has 0 saturated carbocycles. The molecule has 0 amide bonds. The SMILES string of the molecule is CC.CC(O)CN(C)CCN(CCN(CCN(C)CC(=O)O)CC(=O)O)CC(=O)O. The third-order valence-corrected chi connectivity index (χ3v) is 4.03. The topological polar surface area (TPSA) is 145 Å². The fourth-order valence-electron chi connectivity index (χ4n) is 2.68. The zero-order valence-electron chi connectivity index (χ0n) is 19.0. The molecule has 178 valence electrons. The Morgan fingerprint density at radius 1 is 0.667 bits per heavy atom. The minimum Gasteiger partial charge on any atom is -0.480 e. The van der Waals surface area contributed by atoms with Crippen LogP contribution in [0.2, 0.25) is 0 Å². The summed E-state index contributed by atoms with van der Waals surface area (Å²) in [5.41, 5.74) is 0. The van der Waals surface area contributed by atoms with Crippen LogP contribution in [0.1, 0.15) is 20.8 Å². The van der Waals surface area contributed by atoms with Crippen LogP contribution in [0, 0.1) is 0 Å². The molecule has 0 aromatic heterocycles. The van der Waals surface area contributed by atoms with Gasteiger partial charge >= 0.3 is 17.9 Å². The van der Waals surface area contributed by atoms with Gasteiger partial charge in [0.1, 0.15) is 0 Å². The van der Waals surface area contributed by atoms with Crippen LogP contribution in [-0.2, 0) is 14.4 Å². The van der Waals surface area contributed by atoms with Gasteiger partial charge in [0.05, 0.1) is 25.7 Å². The van der Waals surface area contributed by atoms with E-state index in [1.807, 2.05) is 25.8 Å². The molecule has 0 aliphatic rings. The number of carboxylic acids is 3. The summed E-state index contributed by atoms with van der Waals surface area (Å²) in [5, 5.41) is 36.4. The van der Waals surface area contributed by atoms with Gasteiger partial charge in [0.2, 0.25) is 0 Å². The number of aliphatic hydroxyl groups is 1. The fraction of sp³-hybridized carbons (Fsp3) is 0.842. The Kier molecular flexibility index (Phi) is 18.3. The van der Waals surface area contributed by atoms with Gasteiger partial charge in [0.15, 0.2) is 0 Å². The molecule has 0 spiro atoms. The molecule has 0 rings (SSSR count). The van der Waals surface area contributed by atoms with E-state index in [0.29, 0.717) is 45.8 Å². The van der Waals surface area contributed by atoms with E-state index in [-0.39, 0.29) is 19.6 Å². The van der Waals surface area contributed by atoms with Crippen molar-refractivity contribution in [2.45, 2.75) is 26.9 Å². The summed E-state index contributed by atoms with van der Waals surface area (Å²) in [5.74, 6) is -2.92. The van der Waals surface area contributed by atoms with Crippen LogP contribution >= 0.6 is 0 Å². The molecule has 0 aromatic rings. The first-order chi connectivity index (χ1) is 14.0. The zero-order chi connectivity index (χ0) is 23.7. The number of likely N-dealkylation sites (N-methyl/N-ethyl adjacent to an activating group) is 2. The maximum Gasteiger partial charge on any atom is 0.317 e. The lowest BCUT2D eigenvalue weighted by atomic mass is 10.3. The van der Waals surface area contributed by atoms with E-state index in [2.05, 4.69) is 0 Å². The summed E-state index contributed by atoms with van der Waals surface area (Å²) in [7, 11) is 3.47. The van der Waals surface area contributed by atoms with Gasteiger partial charge in [-0.1, -0.05) is 13.8 Å². The van der Waals surface area contributed by atoms with Crippen molar-refractivity contribution in [3.8, 4) is 0 Å². The molecule has 0 fully saturated rings. The van der Waals surface area contributed by atoms with Gasteiger partial charge in [-0.25, -0.2) is 0 Å². The highest BCUT2D eigenvalue weighted by Crippen LogP contribution is 1.97.